The van der Waals surface area contributed by atoms with Crippen molar-refractivity contribution in [1.29, 1.82) is 0 Å². The van der Waals surface area contributed by atoms with Crippen LogP contribution in [0.3, 0.4) is 0 Å². The van der Waals surface area contributed by atoms with E-state index in [1.807, 2.05) is 0 Å². The van der Waals surface area contributed by atoms with E-state index < -0.39 is 11.7 Å². The van der Waals surface area contributed by atoms with E-state index in [0.29, 0.717) is 11.1 Å². The van der Waals surface area contributed by atoms with Crippen LogP contribution < -0.4 is 0 Å². The lowest BCUT2D eigenvalue weighted by Gasteiger charge is -2.13. The number of benzene rings is 1. The summed E-state index contributed by atoms with van der Waals surface area (Å²) in [5, 5.41) is 8.86. The molecule has 0 saturated carbocycles. The molecule has 0 unspecified atom stereocenters. The Kier molecular flexibility index (Phi) is 2.85. The van der Waals surface area contributed by atoms with Gasteiger partial charge in [-0.15, -0.1) is 0 Å². The summed E-state index contributed by atoms with van der Waals surface area (Å²) in [5.74, 6) is 0. The fraction of sp³-hybridized carbons (Fsp3) is 0.400. The van der Waals surface area contributed by atoms with Crippen LogP contribution in [-0.4, -0.2) is 5.11 Å². The zero-order valence-electron chi connectivity index (χ0n) is 7.94. The van der Waals surface area contributed by atoms with E-state index in [0.717, 1.165) is 6.07 Å². The fourth-order valence-electron chi connectivity index (χ4n) is 1.35. The van der Waals surface area contributed by atoms with Gasteiger partial charge in [-0.1, -0.05) is 6.07 Å². The van der Waals surface area contributed by atoms with Gasteiger partial charge in [-0.05, 0) is 36.6 Å². The second kappa shape index (κ2) is 3.61. The number of hydrogen-bond acceptors (Lipinski definition) is 1. The Balaban J connectivity index is 3.29. The van der Waals surface area contributed by atoms with E-state index in [2.05, 4.69) is 0 Å². The SMILES string of the molecule is Cc1cc(C(F)(F)F)c(C)cc1CO. The Morgan fingerprint density at radius 3 is 2.14 bits per heavy atom. The molecule has 0 bridgehead atoms. The molecule has 0 aromatic heterocycles. The van der Waals surface area contributed by atoms with Gasteiger partial charge in [0.05, 0.1) is 12.2 Å². The molecular weight excluding hydrogens is 193 g/mol. The van der Waals surface area contributed by atoms with Crippen molar-refractivity contribution < 1.29 is 18.3 Å². The molecule has 0 aliphatic rings. The van der Waals surface area contributed by atoms with Gasteiger partial charge in [0, 0.05) is 0 Å². The van der Waals surface area contributed by atoms with Crippen molar-refractivity contribution in [1.82, 2.24) is 0 Å². The van der Waals surface area contributed by atoms with Gasteiger partial charge in [-0.3, -0.25) is 0 Å². The lowest BCUT2D eigenvalue weighted by molar-refractivity contribution is -0.138. The first-order valence-electron chi connectivity index (χ1n) is 4.14. The molecule has 1 aromatic rings. The summed E-state index contributed by atoms with van der Waals surface area (Å²) >= 11 is 0. The average Bonchev–Trinajstić information content (AvgIpc) is 2.06. The van der Waals surface area contributed by atoms with Gasteiger partial charge in [-0.2, -0.15) is 13.2 Å². The summed E-state index contributed by atoms with van der Waals surface area (Å²) in [5.41, 5.74) is 0.514. The Labute approximate surface area is 80.2 Å². The van der Waals surface area contributed by atoms with Crippen molar-refractivity contribution in [2.75, 3.05) is 0 Å². The van der Waals surface area contributed by atoms with Gasteiger partial charge in [0.15, 0.2) is 0 Å². The van der Waals surface area contributed by atoms with Crippen LogP contribution in [0.2, 0.25) is 0 Å². The van der Waals surface area contributed by atoms with Gasteiger partial charge in [0.25, 0.3) is 0 Å². The van der Waals surface area contributed by atoms with E-state index >= 15 is 0 Å². The summed E-state index contributed by atoms with van der Waals surface area (Å²) in [6.07, 6.45) is -4.32. The van der Waals surface area contributed by atoms with Crippen molar-refractivity contribution in [3.63, 3.8) is 0 Å². The minimum absolute atomic E-state index is 0.146. The minimum atomic E-state index is -4.32. The molecule has 0 fully saturated rings. The molecule has 0 saturated heterocycles. The Bertz CT molecular complexity index is 342. The number of rotatable bonds is 1. The van der Waals surface area contributed by atoms with Crippen molar-refractivity contribution >= 4 is 0 Å². The topological polar surface area (TPSA) is 20.2 Å². The van der Waals surface area contributed by atoms with Crippen molar-refractivity contribution in [2.45, 2.75) is 26.6 Å². The maximum Gasteiger partial charge on any atom is 0.416 e. The molecule has 0 spiro atoms. The minimum Gasteiger partial charge on any atom is -0.392 e. The highest BCUT2D eigenvalue weighted by Crippen LogP contribution is 2.33. The fourth-order valence-corrected chi connectivity index (χ4v) is 1.35. The highest BCUT2D eigenvalue weighted by Gasteiger charge is 2.32. The van der Waals surface area contributed by atoms with Crippen LogP contribution >= 0.6 is 0 Å². The van der Waals surface area contributed by atoms with Crippen LogP contribution in [0.5, 0.6) is 0 Å². The second-order valence-electron chi connectivity index (χ2n) is 3.25. The molecule has 0 amide bonds. The number of halogens is 3. The van der Waals surface area contributed by atoms with Crippen molar-refractivity contribution in [3.8, 4) is 0 Å². The number of aryl methyl sites for hydroxylation is 2. The number of aliphatic hydroxyl groups is 1. The molecular formula is C10H11F3O. The predicted octanol–water partition coefficient (Wildman–Crippen LogP) is 2.81. The van der Waals surface area contributed by atoms with Crippen molar-refractivity contribution in [3.05, 3.63) is 34.4 Å². The predicted molar refractivity (Wildman–Crippen MR) is 46.8 cm³/mol. The Hall–Kier alpha value is -1.03. The third-order valence-electron chi connectivity index (χ3n) is 2.16. The zero-order chi connectivity index (χ0) is 10.9. The van der Waals surface area contributed by atoms with Crippen LogP contribution in [0, 0.1) is 13.8 Å². The van der Waals surface area contributed by atoms with Crippen LogP contribution in [0.15, 0.2) is 12.1 Å². The highest BCUT2D eigenvalue weighted by molar-refractivity contribution is 5.38. The second-order valence-corrected chi connectivity index (χ2v) is 3.25. The highest BCUT2D eigenvalue weighted by atomic mass is 19.4. The molecule has 1 rings (SSSR count). The summed E-state index contributed by atoms with van der Waals surface area (Å²) in [4.78, 5) is 0. The first-order valence-corrected chi connectivity index (χ1v) is 4.14. The first kappa shape index (κ1) is 11.0. The molecule has 1 aromatic carbocycles. The summed E-state index contributed by atoms with van der Waals surface area (Å²) in [6, 6.07) is 2.44. The van der Waals surface area contributed by atoms with Crippen molar-refractivity contribution in [2.24, 2.45) is 0 Å². The first-order chi connectivity index (χ1) is 6.36. The summed E-state index contributed by atoms with van der Waals surface area (Å²) < 4.78 is 37.2. The van der Waals surface area contributed by atoms with Gasteiger partial charge in [0.1, 0.15) is 0 Å². The molecule has 0 heterocycles. The van der Waals surface area contributed by atoms with Crippen LogP contribution in [0.1, 0.15) is 22.3 Å². The normalized spacial score (nSPS) is 11.9. The van der Waals surface area contributed by atoms with E-state index in [-0.39, 0.29) is 12.2 Å². The molecule has 14 heavy (non-hydrogen) atoms. The van der Waals surface area contributed by atoms with Crippen LogP contribution in [-0.2, 0) is 12.8 Å². The quantitative estimate of drug-likeness (QED) is 0.745. The van der Waals surface area contributed by atoms with Gasteiger partial charge < -0.3 is 5.11 Å². The molecule has 0 aliphatic carbocycles. The molecule has 0 aliphatic heterocycles. The Morgan fingerprint density at radius 1 is 1.14 bits per heavy atom. The Morgan fingerprint density at radius 2 is 1.71 bits per heavy atom. The molecule has 1 N–H and O–H groups in total. The molecule has 78 valence electrons. The largest absolute Gasteiger partial charge is 0.416 e. The van der Waals surface area contributed by atoms with E-state index in [9.17, 15) is 13.2 Å². The maximum absolute atomic E-state index is 12.4. The summed E-state index contributed by atoms with van der Waals surface area (Å²) in [6.45, 7) is 2.71. The van der Waals surface area contributed by atoms with E-state index in [4.69, 9.17) is 5.11 Å². The van der Waals surface area contributed by atoms with Crippen LogP contribution in [0.4, 0.5) is 13.2 Å². The maximum atomic E-state index is 12.4. The van der Waals surface area contributed by atoms with Gasteiger partial charge >= 0.3 is 6.18 Å². The third-order valence-corrected chi connectivity index (χ3v) is 2.16. The number of hydrogen-bond donors (Lipinski definition) is 1. The van der Waals surface area contributed by atoms with Gasteiger partial charge in [-0.25, -0.2) is 0 Å². The lowest BCUT2D eigenvalue weighted by Crippen LogP contribution is -2.09. The molecule has 4 heteroatoms. The number of alkyl halides is 3. The average molecular weight is 204 g/mol. The molecule has 0 atom stereocenters. The smallest absolute Gasteiger partial charge is 0.392 e. The van der Waals surface area contributed by atoms with E-state index in [1.165, 1.54) is 13.0 Å². The standard InChI is InChI=1S/C10H11F3O/c1-6-4-9(10(11,12)13)7(2)3-8(6)5-14/h3-4,14H,5H2,1-2H3. The van der Waals surface area contributed by atoms with Gasteiger partial charge in [0.2, 0.25) is 0 Å². The zero-order valence-corrected chi connectivity index (χ0v) is 7.94. The monoisotopic (exact) mass is 204 g/mol. The van der Waals surface area contributed by atoms with Crippen LogP contribution in [0.25, 0.3) is 0 Å². The van der Waals surface area contributed by atoms with E-state index in [1.54, 1.807) is 6.92 Å². The lowest BCUT2D eigenvalue weighted by atomic mass is 10.00. The number of aliphatic hydroxyl groups excluding tert-OH is 1. The molecule has 1 nitrogen and oxygen atoms in total. The molecule has 0 radical (unpaired) electrons. The third kappa shape index (κ3) is 2.07. The summed E-state index contributed by atoms with van der Waals surface area (Å²) in [7, 11) is 0.